The van der Waals surface area contributed by atoms with E-state index in [0.29, 0.717) is 6.42 Å². The Balaban J connectivity index is 2.46. The van der Waals surface area contributed by atoms with Crippen LogP contribution in [0.15, 0.2) is 42.5 Å². The van der Waals surface area contributed by atoms with E-state index in [1.54, 1.807) is 0 Å². The smallest absolute Gasteiger partial charge is 0.202 e. The number of rotatable bonds is 2. The molecule has 0 spiro atoms. The van der Waals surface area contributed by atoms with Gasteiger partial charge in [0.1, 0.15) is 0 Å². The predicted octanol–water partition coefficient (Wildman–Crippen LogP) is 3.30. The van der Waals surface area contributed by atoms with Crippen LogP contribution in [0.3, 0.4) is 0 Å². The molecule has 0 aromatic heterocycles. The fraction of sp³-hybridized carbons (Fsp3) is 0.0833. The molecule has 0 heterocycles. The van der Waals surface area contributed by atoms with Crippen molar-refractivity contribution in [2.45, 2.75) is 6.42 Å². The molecule has 2 aromatic rings. The Hall–Kier alpha value is -1.15. The molecule has 0 radical (unpaired) electrons. The lowest BCUT2D eigenvalue weighted by atomic mass is 10.1. The number of halogens is 1. The highest BCUT2D eigenvalue weighted by atomic mass is 79.9. The van der Waals surface area contributed by atoms with E-state index in [1.165, 1.54) is 10.8 Å². The van der Waals surface area contributed by atoms with Gasteiger partial charge in [-0.25, -0.2) is 0 Å². The molecule has 2 rings (SSSR count). The van der Waals surface area contributed by atoms with Gasteiger partial charge in [0, 0.05) is 6.42 Å². The molecule has 14 heavy (non-hydrogen) atoms. The maximum Gasteiger partial charge on any atom is 0.202 e. The molecule has 0 unspecified atom stereocenters. The van der Waals surface area contributed by atoms with Gasteiger partial charge in [0.05, 0.1) is 0 Å². The molecule has 0 atom stereocenters. The normalized spacial score (nSPS) is 10.4. The van der Waals surface area contributed by atoms with Crippen LogP contribution in [0.25, 0.3) is 10.8 Å². The molecule has 0 saturated carbocycles. The summed E-state index contributed by atoms with van der Waals surface area (Å²) in [6, 6.07) is 14.2. The summed E-state index contributed by atoms with van der Waals surface area (Å²) in [5.41, 5.74) is 1.05. The van der Waals surface area contributed by atoms with E-state index in [1.807, 2.05) is 24.3 Å². The minimum atomic E-state index is 0.0211. The third kappa shape index (κ3) is 2.02. The summed E-state index contributed by atoms with van der Waals surface area (Å²) in [6.07, 6.45) is 0.449. The number of hydrogen-bond acceptors (Lipinski definition) is 1. The molecule has 2 heteroatoms. The van der Waals surface area contributed by atoms with Gasteiger partial charge >= 0.3 is 0 Å². The molecule has 2 aromatic carbocycles. The van der Waals surface area contributed by atoms with Crippen molar-refractivity contribution < 1.29 is 4.79 Å². The maximum absolute atomic E-state index is 10.9. The van der Waals surface area contributed by atoms with Crippen molar-refractivity contribution in [3.63, 3.8) is 0 Å². The fourth-order valence-corrected chi connectivity index (χ4v) is 1.83. The summed E-state index contributed by atoms with van der Waals surface area (Å²) in [7, 11) is 0. The summed E-state index contributed by atoms with van der Waals surface area (Å²) in [5, 5.41) is 2.39. The summed E-state index contributed by atoms with van der Waals surface area (Å²) in [4.78, 5) is 10.9. The van der Waals surface area contributed by atoms with Gasteiger partial charge in [-0.3, -0.25) is 4.79 Å². The van der Waals surface area contributed by atoms with Crippen LogP contribution in [0.5, 0.6) is 0 Å². The lowest BCUT2D eigenvalue weighted by molar-refractivity contribution is -0.109. The molecule has 0 fully saturated rings. The standard InChI is InChI=1S/C12H9BrO/c13-12(14)8-9-5-6-10-3-1-2-4-11(10)7-9/h1-7H,8H2. The Bertz CT molecular complexity index is 476. The van der Waals surface area contributed by atoms with Gasteiger partial charge in [-0.2, -0.15) is 0 Å². The number of fused-ring (bicyclic) bond motifs is 1. The van der Waals surface area contributed by atoms with Gasteiger partial charge in [-0.15, -0.1) is 0 Å². The molecule has 0 amide bonds. The second kappa shape index (κ2) is 3.93. The monoisotopic (exact) mass is 248 g/mol. The van der Waals surface area contributed by atoms with E-state index in [0.717, 1.165) is 5.56 Å². The van der Waals surface area contributed by atoms with Crippen molar-refractivity contribution in [2.75, 3.05) is 0 Å². The summed E-state index contributed by atoms with van der Waals surface area (Å²) in [5.74, 6) is 0. The van der Waals surface area contributed by atoms with Crippen LogP contribution in [0, 0.1) is 0 Å². The number of hydrogen-bond donors (Lipinski definition) is 0. The Morgan fingerprint density at radius 2 is 1.79 bits per heavy atom. The minimum Gasteiger partial charge on any atom is -0.286 e. The van der Waals surface area contributed by atoms with Crippen molar-refractivity contribution in [1.82, 2.24) is 0 Å². The van der Waals surface area contributed by atoms with Crippen LogP contribution in [0.4, 0.5) is 0 Å². The van der Waals surface area contributed by atoms with E-state index in [4.69, 9.17) is 0 Å². The largest absolute Gasteiger partial charge is 0.286 e. The molecule has 0 saturated heterocycles. The van der Waals surface area contributed by atoms with Crippen molar-refractivity contribution in [3.05, 3.63) is 48.0 Å². The van der Waals surface area contributed by atoms with Crippen LogP contribution >= 0.6 is 15.9 Å². The van der Waals surface area contributed by atoms with E-state index in [9.17, 15) is 4.79 Å². The second-order valence-corrected chi connectivity index (χ2v) is 4.10. The Morgan fingerprint density at radius 3 is 2.50 bits per heavy atom. The zero-order valence-electron chi connectivity index (χ0n) is 7.53. The van der Waals surface area contributed by atoms with Crippen LogP contribution < -0.4 is 0 Å². The number of carbonyl (C=O) groups is 1. The Morgan fingerprint density at radius 1 is 1.07 bits per heavy atom. The molecular weight excluding hydrogens is 240 g/mol. The van der Waals surface area contributed by atoms with Gasteiger partial charge in [-0.05, 0) is 32.3 Å². The number of benzene rings is 2. The SMILES string of the molecule is O=C(Br)Cc1ccc2ccccc2c1. The zero-order chi connectivity index (χ0) is 9.97. The van der Waals surface area contributed by atoms with Gasteiger partial charge in [0.2, 0.25) is 4.69 Å². The van der Waals surface area contributed by atoms with Crippen LogP contribution in [-0.2, 0) is 11.2 Å². The van der Waals surface area contributed by atoms with Crippen LogP contribution in [-0.4, -0.2) is 4.69 Å². The highest BCUT2D eigenvalue weighted by Gasteiger charge is 1.99. The van der Waals surface area contributed by atoms with E-state index < -0.39 is 0 Å². The lowest BCUT2D eigenvalue weighted by Crippen LogP contribution is -1.92. The zero-order valence-corrected chi connectivity index (χ0v) is 9.12. The van der Waals surface area contributed by atoms with Crippen molar-refractivity contribution in [2.24, 2.45) is 0 Å². The average molecular weight is 249 g/mol. The highest BCUT2D eigenvalue weighted by molar-refractivity contribution is 9.18. The van der Waals surface area contributed by atoms with Gasteiger partial charge in [-0.1, -0.05) is 42.5 Å². The first-order chi connectivity index (χ1) is 6.75. The molecule has 0 aliphatic rings. The Kier molecular flexibility index (Phi) is 2.64. The number of carbonyl (C=O) groups excluding carboxylic acids is 1. The summed E-state index contributed by atoms with van der Waals surface area (Å²) < 4.78 is 0.0211. The van der Waals surface area contributed by atoms with E-state index in [-0.39, 0.29) is 4.69 Å². The third-order valence-electron chi connectivity index (χ3n) is 2.16. The average Bonchev–Trinajstić information content (AvgIpc) is 2.17. The molecule has 0 bridgehead atoms. The summed E-state index contributed by atoms with van der Waals surface area (Å²) >= 11 is 2.94. The molecule has 0 N–H and O–H groups in total. The first-order valence-corrected chi connectivity index (χ1v) is 5.21. The quantitative estimate of drug-likeness (QED) is 0.746. The molecular formula is C12H9BrO. The predicted molar refractivity (Wildman–Crippen MR) is 61.6 cm³/mol. The highest BCUT2D eigenvalue weighted by Crippen LogP contribution is 2.16. The van der Waals surface area contributed by atoms with Gasteiger partial charge in [0.25, 0.3) is 0 Å². The van der Waals surface area contributed by atoms with Crippen molar-refractivity contribution in [3.8, 4) is 0 Å². The topological polar surface area (TPSA) is 17.1 Å². The lowest BCUT2D eigenvalue weighted by Gasteiger charge is -2.00. The Labute approximate surface area is 90.9 Å². The molecule has 1 nitrogen and oxygen atoms in total. The minimum absolute atomic E-state index is 0.0211. The third-order valence-corrected chi connectivity index (χ3v) is 2.44. The van der Waals surface area contributed by atoms with E-state index in [2.05, 4.69) is 34.1 Å². The van der Waals surface area contributed by atoms with Crippen LogP contribution in [0.2, 0.25) is 0 Å². The maximum atomic E-state index is 10.9. The van der Waals surface area contributed by atoms with E-state index >= 15 is 0 Å². The first-order valence-electron chi connectivity index (χ1n) is 4.42. The molecule has 70 valence electrons. The molecule has 0 aliphatic heterocycles. The summed E-state index contributed by atoms with van der Waals surface area (Å²) in [6.45, 7) is 0. The van der Waals surface area contributed by atoms with Crippen molar-refractivity contribution >= 4 is 31.4 Å². The van der Waals surface area contributed by atoms with Crippen LogP contribution in [0.1, 0.15) is 5.56 Å². The van der Waals surface area contributed by atoms with Crippen molar-refractivity contribution in [1.29, 1.82) is 0 Å². The second-order valence-electron chi connectivity index (χ2n) is 3.21. The van der Waals surface area contributed by atoms with Gasteiger partial charge in [0.15, 0.2) is 0 Å². The fourth-order valence-electron chi connectivity index (χ4n) is 1.51. The first kappa shape index (κ1) is 9.41. The van der Waals surface area contributed by atoms with Gasteiger partial charge < -0.3 is 0 Å². The molecule has 0 aliphatic carbocycles.